The zero-order chi connectivity index (χ0) is 76.3. The van der Waals surface area contributed by atoms with Crippen LogP contribution in [0.1, 0.15) is 135 Å². The zero-order valence-corrected chi connectivity index (χ0v) is 57.1. The highest BCUT2D eigenvalue weighted by molar-refractivity contribution is 5.99. The van der Waals surface area contributed by atoms with Crippen molar-refractivity contribution in [2.45, 2.75) is 146 Å². The maximum atomic E-state index is 12.9. The summed E-state index contributed by atoms with van der Waals surface area (Å²) in [5, 5.41) is 67.6. The molecule has 8 atom stereocenters. The molecule has 4 heterocycles. The van der Waals surface area contributed by atoms with E-state index in [9.17, 15) is 78.0 Å². The number of allylic oxidation sites excluding steroid dienone is 3. The second-order valence-corrected chi connectivity index (χ2v) is 26.2. The molecule has 104 heavy (non-hydrogen) atoms. The Morgan fingerprint density at radius 2 is 1.28 bits per heavy atom. The molecule has 3 saturated carbocycles. The van der Waals surface area contributed by atoms with Gasteiger partial charge < -0.3 is 77.6 Å². The Hall–Kier alpha value is -11.5. The fourth-order valence-electron chi connectivity index (χ4n) is 12.7. The third-order valence-corrected chi connectivity index (χ3v) is 17.7. The minimum atomic E-state index is -2.00. The number of hydrogen-bond acceptors (Lipinski definition) is 23. The van der Waals surface area contributed by atoms with Gasteiger partial charge in [-0.25, -0.2) is 19.6 Å². The van der Waals surface area contributed by atoms with Crippen LogP contribution in [0.3, 0.4) is 0 Å². The van der Waals surface area contributed by atoms with Gasteiger partial charge in [-0.15, -0.1) is 37.0 Å². The van der Waals surface area contributed by atoms with Gasteiger partial charge >= 0.3 is 11.6 Å². The Labute approximate surface area is 596 Å². The number of hydrogen-bond donors (Lipinski definition) is 14. The largest absolute Gasteiger partial charge is 0.480 e. The number of rotatable bonds is 25. The Morgan fingerprint density at radius 1 is 0.731 bits per heavy atom. The van der Waals surface area contributed by atoms with E-state index in [0.717, 1.165) is 5.56 Å². The van der Waals surface area contributed by atoms with Gasteiger partial charge in [0, 0.05) is 93.8 Å². The molecule has 4 fully saturated rings. The summed E-state index contributed by atoms with van der Waals surface area (Å²) in [7, 11) is 0. The molecule has 548 valence electrons. The molecule has 9 rings (SSSR count). The van der Waals surface area contributed by atoms with Gasteiger partial charge in [0.05, 0.1) is 54.6 Å². The van der Waals surface area contributed by atoms with Crippen LogP contribution in [0.15, 0.2) is 105 Å². The van der Waals surface area contributed by atoms with Gasteiger partial charge in [-0.3, -0.25) is 52.9 Å². The third kappa shape index (κ3) is 20.6. The lowest BCUT2D eigenvalue weighted by Gasteiger charge is -2.34. The normalized spacial score (nSPS) is 22.3. The molecule has 0 spiro atoms. The lowest BCUT2D eigenvalue weighted by molar-refractivity contribution is -0.234. The Kier molecular flexibility index (Phi) is 27.1. The second kappa shape index (κ2) is 35.4. The number of carbonyl (C=O) groups excluding carboxylic acids is 9. The van der Waals surface area contributed by atoms with Crippen molar-refractivity contribution >= 4 is 92.5 Å². The van der Waals surface area contributed by atoms with E-state index >= 15 is 0 Å². The average Bonchev–Trinajstić information content (AvgIpc) is 1.55. The topological polar surface area (TPSA) is 493 Å². The number of nitrogens with zero attached hydrogens (tertiary/aromatic N) is 3. The van der Waals surface area contributed by atoms with E-state index in [1.54, 1.807) is 24.3 Å². The third-order valence-electron chi connectivity index (χ3n) is 17.7. The summed E-state index contributed by atoms with van der Waals surface area (Å²) in [5.74, 6) is 0.508. The number of benzene rings is 2. The second-order valence-electron chi connectivity index (χ2n) is 26.2. The molecule has 0 radical (unpaired) electrons. The molecule has 0 bridgehead atoms. The number of fused-ring (bicyclic) bond motifs is 2. The summed E-state index contributed by atoms with van der Waals surface area (Å²) in [4.78, 5) is 162. The molecule has 3 aromatic heterocycles. The average molecular weight is 1430 g/mol. The number of aromatic nitrogens is 4. The Morgan fingerprint density at radius 3 is 1.80 bits per heavy atom. The molecule has 15 N–H and O–H groups in total. The van der Waals surface area contributed by atoms with Crippen LogP contribution in [-0.4, -0.2) is 161 Å². The number of aliphatic hydroxyl groups is 4. The fraction of sp³-hybridized carbons (Fsp3) is 0.411. The summed E-state index contributed by atoms with van der Waals surface area (Å²) >= 11 is 0. The maximum absolute atomic E-state index is 12.9. The van der Waals surface area contributed by atoms with Gasteiger partial charge in [-0.2, -0.15) is 4.98 Å². The molecular weight excluding hydrogens is 1350 g/mol. The van der Waals surface area contributed by atoms with E-state index in [4.69, 9.17) is 39.3 Å². The van der Waals surface area contributed by atoms with Crippen molar-refractivity contribution in [2.75, 3.05) is 37.5 Å². The van der Waals surface area contributed by atoms with Crippen LogP contribution in [0.4, 0.5) is 11.6 Å². The first kappa shape index (κ1) is 79.8. The molecule has 4 unspecified atom stereocenters. The SMILES string of the molecule is C#CCC1(C(=O)NCCC[C@@]2(O)O[C@H](CO)[C@@H](O)[C@@H]2O)CC(=C)CC(=O)C1.C#CCC1(C(=O)NCNC(=O)CCC(NC(=O)c2ccc(NCc3cnc4nc(N)[nH]c(=O)c4n3)cc2)C(=O)O)CC(=C)CC(=O)C1.C#CCC1(C(=O)NCNC(=O)c2cc3ccc(C)cc3oc2=O)CC(=C)CC(=O)C1. The van der Waals surface area contributed by atoms with Crippen LogP contribution in [-0.2, 0) is 49.6 Å². The highest BCUT2D eigenvalue weighted by atomic mass is 16.7. The number of Topliss-reactive ketones (excluding diaryl/α,β-unsaturated/α-hetero) is 3. The van der Waals surface area contributed by atoms with Crippen molar-refractivity contribution in [3.63, 3.8) is 0 Å². The van der Waals surface area contributed by atoms with Gasteiger partial charge in [-0.05, 0) is 81.0 Å². The smallest absolute Gasteiger partial charge is 0.349 e. The van der Waals surface area contributed by atoms with Crippen LogP contribution < -0.4 is 54.1 Å². The maximum Gasteiger partial charge on any atom is 0.349 e. The van der Waals surface area contributed by atoms with Gasteiger partial charge in [0.2, 0.25) is 29.6 Å². The van der Waals surface area contributed by atoms with Crippen molar-refractivity contribution in [1.82, 2.24) is 51.8 Å². The van der Waals surface area contributed by atoms with Crippen molar-refractivity contribution < 1.29 is 82.6 Å². The number of ketones is 3. The monoisotopic (exact) mass is 1430 g/mol. The summed E-state index contributed by atoms with van der Waals surface area (Å²) < 4.78 is 10.4. The minimum Gasteiger partial charge on any atom is -0.480 e. The van der Waals surface area contributed by atoms with Crippen molar-refractivity contribution in [2.24, 2.45) is 16.2 Å². The number of aromatic amines is 1. The van der Waals surface area contributed by atoms with Crippen LogP contribution >= 0.6 is 0 Å². The molecule has 1 saturated heterocycles. The van der Waals surface area contributed by atoms with E-state index in [2.05, 4.69) is 94.7 Å². The van der Waals surface area contributed by atoms with Crippen LogP contribution in [0.5, 0.6) is 0 Å². The standard InChI is InChI=1S/C31H33N9O7.C23H22N2O5.C19H27NO7/c1-3-10-31(12-17(2)11-21(41)13-31)29(47)36-16-35-23(42)9-8-22(28(45)46)38-26(43)18-4-6-19(7-5-18)33-14-20-15-34-25-24(37-20)27(44)40-30(32)39-25;1-4-7-23(11-15(3)8-17(26)12-23)22(29)25-13-24-20(27)18-10-16-6-5-14(2)9-19(16)30-21(18)28;1-3-5-18(9-12(2)8-13(22)10-18)17(25)20-7-4-6-19(26)16(24)15(23)14(11-21)27-19/h1,4-7,15,22,33H,2,8-14,16H2,(H,35,42)(H,36,47)(H,38,43)(H,45,46)(H3,32,34,39,40,44);1,5-6,9-10H,3,7-8,11-13H2,2H3,(H,24,27)(H,25,29);1,14-16,21,23-24,26H,2,4-11H2,(H,20,25)/t;;14-,15-,16+,18?,19-/m..1/s1. The van der Waals surface area contributed by atoms with Crippen molar-refractivity contribution in [1.29, 1.82) is 0 Å². The van der Waals surface area contributed by atoms with Gasteiger partial charge in [0.15, 0.2) is 17.0 Å². The molecule has 6 amide bonds. The van der Waals surface area contributed by atoms with E-state index in [0.29, 0.717) is 51.9 Å². The highest BCUT2D eigenvalue weighted by Crippen LogP contribution is 2.42. The number of H-pyrrole nitrogens is 1. The summed E-state index contributed by atoms with van der Waals surface area (Å²) in [5.41, 5.74) is 5.53. The van der Waals surface area contributed by atoms with Crippen molar-refractivity contribution in [3.8, 4) is 37.0 Å². The number of ether oxygens (including phenoxy) is 1. The first-order valence-electron chi connectivity index (χ1n) is 32.9. The number of amides is 6. The lowest BCUT2D eigenvalue weighted by Crippen LogP contribution is -2.48. The van der Waals surface area contributed by atoms with E-state index in [1.807, 2.05) is 13.0 Å². The Balaban J connectivity index is 0.000000230. The van der Waals surface area contributed by atoms with Gasteiger partial charge in [0.1, 0.15) is 52.8 Å². The number of nitrogens with two attached hydrogens (primary N) is 1. The highest BCUT2D eigenvalue weighted by Gasteiger charge is 2.53. The molecule has 31 nitrogen and oxygen atoms in total. The summed E-state index contributed by atoms with van der Waals surface area (Å²) in [6.45, 7) is 12.7. The molecular formula is C73H82N12O19. The fourth-order valence-corrected chi connectivity index (χ4v) is 12.7. The van der Waals surface area contributed by atoms with E-state index in [1.165, 1.54) is 24.4 Å². The van der Waals surface area contributed by atoms with E-state index < -0.39 is 99.7 Å². The summed E-state index contributed by atoms with van der Waals surface area (Å²) in [6, 6.07) is 11.6. The van der Waals surface area contributed by atoms with Crippen LogP contribution in [0, 0.1) is 60.2 Å². The van der Waals surface area contributed by atoms with Crippen LogP contribution in [0.25, 0.3) is 22.1 Å². The summed E-state index contributed by atoms with van der Waals surface area (Å²) in [6.07, 6.45) is 15.3. The number of anilines is 2. The molecule has 4 aliphatic rings. The van der Waals surface area contributed by atoms with Crippen molar-refractivity contribution in [3.05, 3.63) is 134 Å². The quantitative estimate of drug-likeness (QED) is 0.0130. The van der Waals surface area contributed by atoms with Crippen LogP contribution in [0.2, 0.25) is 0 Å². The minimum absolute atomic E-state index is 0.0202. The molecule has 1 aliphatic heterocycles. The number of nitrogen functional groups attached to an aromatic ring is 1. The number of nitrogens with one attached hydrogen (secondary N) is 8. The molecule has 3 aliphatic carbocycles. The molecule has 5 aromatic rings. The number of aliphatic carboxylic acids is 1. The first-order valence-corrected chi connectivity index (χ1v) is 32.9. The van der Waals surface area contributed by atoms with Gasteiger partial charge in [0.25, 0.3) is 17.4 Å². The van der Waals surface area contributed by atoms with E-state index in [-0.39, 0.29) is 168 Å². The molecule has 2 aromatic carbocycles. The predicted octanol–water partition coefficient (Wildman–Crippen LogP) is 1.61. The number of aryl methyl sites for hydroxylation is 1. The number of terminal acetylenes is 3. The Bertz CT molecular complexity index is 4420. The molecule has 31 heteroatoms. The first-order chi connectivity index (χ1) is 49.3. The zero-order valence-electron chi connectivity index (χ0n) is 57.1. The number of carboxylic acids is 1. The number of carboxylic acid groups (broad SMARTS) is 1. The van der Waals surface area contributed by atoms with Gasteiger partial charge in [-0.1, -0.05) is 48.6 Å². The number of carbonyl (C=O) groups is 10. The predicted molar refractivity (Wildman–Crippen MR) is 376 cm³/mol. The lowest BCUT2D eigenvalue weighted by atomic mass is 9.69. The number of aliphatic hydroxyl groups excluding tert-OH is 3.